The van der Waals surface area contributed by atoms with E-state index in [1.54, 1.807) is 7.11 Å². The van der Waals surface area contributed by atoms with Gasteiger partial charge in [-0.2, -0.15) is 0 Å². The Balaban J connectivity index is 1.71. The van der Waals surface area contributed by atoms with Gasteiger partial charge in [-0.25, -0.2) is 0 Å². The van der Waals surface area contributed by atoms with Crippen LogP contribution in [-0.4, -0.2) is 48.4 Å². The number of hydrogen-bond acceptors (Lipinski definition) is 4. The van der Waals surface area contributed by atoms with Crippen LogP contribution < -0.4 is 4.74 Å². The lowest BCUT2D eigenvalue weighted by molar-refractivity contribution is 0.207. The number of rotatable bonds is 3. The van der Waals surface area contributed by atoms with Crippen molar-refractivity contribution in [3.05, 3.63) is 41.1 Å². The number of nitrogens with zero attached hydrogens (tertiary/aromatic N) is 3. The highest BCUT2D eigenvalue weighted by molar-refractivity contribution is 5.83. The molecule has 2 heterocycles. The summed E-state index contributed by atoms with van der Waals surface area (Å²) in [6.45, 7) is 10.6. The van der Waals surface area contributed by atoms with Crippen molar-refractivity contribution in [1.82, 2.24) is 9.80 Å². The zero-order chi connectivity index (χ0) is 15.7. The van der Waals surface area contributed by atoms with Crippen LogP contribution in [0.5, 0.6) is 5.75 Å². The van der Waals surface area contributed by atoms with Crippen LogP contribution >= 0.6 is 0 Å². The minimum absolute atomic E-state index is 0.312. The molecular formula is C18H25N3O. The first kappa shape index (κ1) is 15.1. The normalized spacial score (nSPS) is 22.5. The van der Waals surface area contributed by atoms with Crippen molar-refractivity contribution >= 4 is 5.84 Å². The largest absolute Gasteiger partial charge is 0.497 e. The summed E-state index contributed by atoms with van der Waals surface area (Å²) in [4.78, 5) is 9.63. The first-order valence-corrected chi connectivity index (χ1v) is 7.95. The Bertz CT molecular complexity index is 603. The van der Waals surface area contributed by atoms with Crippen molar-refractivity contribution in [3.63, 3.8) is 0 Å². The average Bonchev–Trinajstić information content (AvgIpc) is 2.53. The molecule has 0 N–H and O–H groups in total. The number of methoxy groups -OCH3 is 1. The topological polar surface area (TPSA) is 28.1 Å². The molecule has 0 unspecified atom stereocenters. The van der Waals surface area contributed by atoms with Crippen LogP contribution in [-0.2, 0) is 6.54 Å². The van der Waals surface area contributed by atoms with E-state index < -0.39 is 0 Å². The van der Waals surface area contributed by atoms with E-state index in [0.717, 1.165) is 37.8 Å². The minimum Gasteiger partial charge on any atom is -0.497 e. The number of fused-ring (bicyclic) bond motifs is 1. The Hall–Kier alpha value is -1.81. The van der Waals surface area contributed by atoms with E-state index in [4.69, 9.17) is 9.73 Å². The van der Waals surface area contributed by atoms with Crippen LogP contribution in [0, 0.1) is 0 Å². The predicted molar refractivity (Wildman–Crippen MR) is 90.2 cm³/mol. The fourth-order valence-electron chi connectivity index (χ4n) is 3.26. The van der Waals surface area contributed by atoms with Crippen molar-refractivity contribution in [2.45, 2.75) is 33.4 Å². The number of benzene rings is 1. The van der Waals surface area contributed by atoms with Gasteiger partial charge in [-0.15, -0.1) is 0 Å². The van der Waals surface area contributed by atoms with Gasteiger partial charge in [-0.3, -0.25) is 9.89 Å². The summed E-state index contributed by atoms with van der Waals surface area (Å²) in [5.41, 5.74) is 4.19. The predicted octanol–water partition coefficient (Wildman–Crippen LogP) is 2.91. The number of ether oxygens (including phenoxy) is 1. The number of amidine groups is 1. The van der Waals surface area contributed by atoms with Crippen molar-refractivity contribution in [3.8, 4) is 5.75 Å². The molecule has 0 aromatic heterocycles. The van der Waals surface area contributed by atoms with E-state index in [1.807, 2.05) is 12.1 Å². The zero-order valence-corrected chi connectivity index (χ0v) is 14.0. The Morgan fingerprint density at radius 1 is 1.18 bits per heavy atom. The molecule has 1 atom stereocenters. The Labute approximate surface area is 133 Å². The van der Waals surface area contributed by atoms with E-state index >= 15 is 0 Å². The lowest BCUT2D eigenvalue weighted by atomic mass is 10.0. The fraction of sp³-hybridized carbons (Fsp3) is 0.500. The van der Waals surface area contributed by atoms with E-state index in [-0.39, 0.29) is 0 Å². The van der Waals surface area contributed by atoms with Crippen molar-refractivity contribution < 1.29 is 4.74 Å². The summed E-state index contributed by atoms with van der Waals surface area (Å²) in [6, 6.07) is 8.70. The third-order valence-corrected chi connectivity index (χ3v) is 4.76. The quantitative estimate of drug-likeness (QED) is 0.859. The van der Waals surface area contributed by atoms with Gasteiger partial charge in [0.15, 0.2) is 0 Å². The van der Waals surface area contributed by atoms with Crippen molar-refractivity contribution in [1.29, 1.82) is 0 Å². The van der Waals surface area contributed by atoms with E-state index in [2.05, 4.69) is 42.7 Å². The molecule has 3 rings (SSSR count). The maximum absolute atomic E-state index is 5.23. The molecule has 0 bridgehead atoms. The molecule has 1 aromatic rings. The molecule has 4 nitrogen and oxygen atoms in total. The first-order chi connectivity index (χ1) is 10.6. The van der Waals surface area contributed by atoms with E-state index in [1.165, 1.54) is 16.8 Å². The highest BCUT2D eigenvalue weighted by Gasteiger charge is 2.28. The zero-order valence-electron chi connectivity index (χ0n) is 14.0. The van der Waals surface area contributed by atoms with Crippen LogP contribution in [0.2, 0.25) is 0 Å². The molecule has 1 saturated heterocycles. The highest BCUT2D eigenvalue weighted by Crippen LogP contribution is 2.26. The molecular weight excluding hydrogens is 274 g/mol. The third-order valence-electron chi connectivity index (χ3n) is 4.76. The van der Waals surface area contributed by atoms with E-state index in [0.29, 0.717) is 6.04 Å². The Morgan fingerprint density at radius 3 is 2.59 bits per heavy atom. The molecule has 0 saturated carbocycles. The van der Waals surface area contributed by atoms with Gasteiger partial charge in [0.2, 0.25) is 0 Å². The average molecular weight is 299 g/mol. The number of aliphatic imine (C=N–C) groups is 1. The second-order valence-corrected chi connectivity index (χ2v) is 6.19. The number of hydrogen-bond donors (Lipinski definition) is 0. The SMILES string of the molecule is COc1ccc(CN2CCN3C(C)=N[C@@H](C)C(C)=C3C2)cc1. The van der Waals surface area contributed by atoms with Gasteiger partial charge in [-0.1, -0.05) is 12.1 Å². The van der Waals surface area contributed by atoms with Gasteiger partial charge in [0.05, 0.1) is 13.2 Å². The second kappa shape index (κ2) is 6.13. The molecule has 0 spiro atoms. The van der Waals surface area contributed by atoms with Crippen LogP contribution in [0.25, 0.3) is 0 Å². The van der Waals surface area contributed by atoms with Gasteiger partial charge >= 0.3 is 0 Å². The van der Waals surface area contributed by atoms with Gasteiger partial charge in [0.25, 0.3) is 0 Å². The summed E-state index contributed by atoms with van der Waals surface area (Å²) < 4.78 is 5.23. The van der Waals surface area contributed by atoms with Gasteiger partial charge in [-0.05, 0) is 44.0 Å². The van der Waals surface area contributed by atoms with Crippen LogP contribution in [0.1, 0.15) is 26.3 Å². The Morgan fingerprint density at radius 2 is 1.91 bits per heavy atom. The molecule has 118 valence electrons. The molecule has 1 aromatic carbocycles. The fourth-order valence-corrected chi connectivity index (χ4v) is 3.26. The van der Waals surface area contributed by atoms with Gasteiger partial charge in [0.1, 0.15) is 11.6 Å². The van der Waals surface area contributed by atoms with Gasteiger partial charge in [0, 0.05) is 31.9 Å². The van der Waals surface area contributed by atoms with Crippen LogP contribution in [0.3, 0.4) is 0 Å². The van der Waals surface area contributed by atoms with Crippen LogP contribution in [0.4, 0.5) is 0 Å². The lowest BCUT2D eigenvalue weighted by Gasteiger charge is -2.42. The molecule has 2 aliphatic heterocycles. The molecule has 1 fully saturated rings. The molecule has 0 aliphatic carbocycles. The summed E-state index contributed by atoms with van der Waals surface area (Å²) >= 11 is 0. The van der Waals surface area contributed by atoms with Crippen LogP contribution in [0.15, 0.2) is 40.5 Å². The smallest absolute Gasteiger partial charge is 0.118 e. The van der Waals surface area contributed by atoms with Crippen molar-refractivity contribution in [2.75, 3.05) is 26.7 Å². The van der Waals surface area contributed by atoms with E-state index in [9.17, 15) is 0 Å². The van der Waals surface area contributed by atoms with Crippen molar-refractivity contribution in [2.24, 2.45) is 4.99 Å². The maximum Gasteiger partial charge on any atom is 0.118 e. The Kier molecular flexibility index (Phi) is 4.21. The summed E-state index contributed by atoms with van der Waals surface area (Å²) in [5.74, 6) is 2.08. The number of piperazine rings is 1. The first-order valence-electron chi connectivity index (χ1n) is 7.95. The maximum atomic E-state index is 5.23. The minimum atomic E-state index is 0.312. The lowest BCUT2D eigenvalue weighted by Crippen LogP contribution is -2.48. The third kappa shape index (κ3) is 2.88. The second-order valence-electron chi connectivity index (χ2n) is 6.19. The molecule has 4 heteroatoms. The molecule has 2 aliphatic rings. The molecule has 0 amide bonds. The molecule has 22 heavy (non-hydrogen) atoms. The summed E-state index contributed by atoms with van der Waals surface area (Å²) in [7, 11) is 1.71. The summed E-state index contributed by atoms with van der Waals surface area (Å²) in [5, 5.41) is 0. The molecule has 0 radical (unpaired) electrons. The van der Waals surface area contributed by atoms with Gasteiger partial charge < -0.3 is 9.64 Å². The summed E-state index contributed by atoms with van der Waals surface area (Å²) in [6.07, 6.45) is 0. The highest BCUT2D eigenvalue weighted by atomic mass is 16.5. The monoisotopic (exact) mass is 299 g/mol. The standard InChI is InChI=1S/C18H25N3O/c1-13-14(2)19-15(3)21-10-9-20(12-18(13)21)11-16-5-7-17(22-4)8-6-16/h5-8,14H,9-12H2,1-4H3/t14-/m0/s1.